The van der Waals surface area contributed by atoms with Crippen molar-refractivity contribution in [2.75, 3.05) is 0 Å². The molecule has 1 atom stereocenters. The monoisotopic (exact) mass is 143 g/mol. The highest BCUT2D eigenvalue weighted by molar-refractivity contribution is 5.46. The second kappa shape index (κ2) is 6.59. The Hall–Kier alpha value is -0.530. The topological polar surface area (TPSA) is 29.1 Å². The third-order valence-electron chi connectivity index (χ3n) is 1.59. The zero-order chi connectivity index (χ0) is 7.82. The minimum absolute atomic E-state index is 0.351. The summed E-state index contributed by atoms with van der Waals surface area (Å²) >= 11 is 0. The first kappa shape index (κ1) is 9.47. The first-order valence-electron chi connectivity index (χ1n) is 4.01. The molecule has 0 radical (unpaired) electrons. The molecule has 1 amide bonds. The van der Waals surface area contributed by atoms with Gasteiger partial charge in [0.2, 0.25) is 6.41 Å². The van der Waals surface area contributed by atoms with E-state index >= 15 is 0 Å². The van der Waals surface area contributed by atoms with Crippen molar-refractivity contribution in [3.05, 3.63) is 0 Å². The average Bonchev–Trinajstić information content (AvgIpc) is 1.89. The molecular formula is C8H17NO. The Bertz CT molecular complexity index is 83.3. The lowest BCUT2D eigenvalue weighted by atomic mass is 10.1. The van der Waals surface area contributed by atoms with Gasteiger partial charge < -0.3 is 5.32 Å². The summed E-state index contributed by atoms with van der Waals surface area (Å²) in [6, 6.07) is 0.351. The molecule has 0 heterocycles. The van der Waals surface area contributed by atoms with Crippen molar-refractivity contribution in [1.29, 1.82) is 0 Å². The minimum Gasteiger partial charge on any atom is -0.356 e. The van der Waals surface area contributed by atoms with Crippen LogP contribution < -0.4 is 5.32 Å². The van der Waals surface area contributed by atoms with Crippen molar-refractivity contribution in [3.63, 3.8) is 0 Å². The number of nitrogens with one attached hydrogen (secondary N) is 1. The number of hydrogen-bond acceptors (Lipinski definition) is 1. The Labute approximate surface area is 63.0 Å². The molecule has 2 nitrogen and oxygen atoms in total. The van der Waals surface area contributed by atoms with Gasteiger partial charge in [0.15, 0.2) is 0 Å². The molecule has 0 aliphatic heterocycles. The van der Waals surface area contributed by atoms with Crippen LogP contribution in [-0.2, 0) is 4.79 Å². The molecule has 0 aliphatic rings. The molecule has 0 fully saturated rings. The van der Waals surface area contributed by atoms with Gasteiger partial charge in [-0.05, 0) is 13.3 Å². The molecule has 0 aromatic heterocycles. The summed E-state index contributed by atoms with van der Waals surface area (Å²) in [6.45, 7) is 4.21. The van der Waals surface area contributed by atoms with Crippen LogP contribution in [0, 0.1) is 0 Å². The van der Waals surface area contributed by atoms with Crippen LogP contribution in [0.2, 0.25) is 0 Å². The molecule has 60 valence electrons. The number of carbonyl (C=O) groups is 1. The van der Waals surface area contributed by atoms with Gasteiger partial charge in [0.05, 0.1) is 0 Å². The highest BCUT2D eigenvalue weighted by Gasteiger charge is 1.96. The second-order valence-corrected chi connectivity index (χ2v) is 2.68. The summed E-state index contributed by atoms with van der Waals surface area (Å²) < 4.78 is 0. The third kappa shape index (κ3) is 5.60. The minimum atomic E-state index is 0.351. The standard InChI is InChI=1S/C8H17NO/c1-3-4-5-6-8(2)9-7-10/h7-8H,3-6H2,1-2H3,(H,9,10)/t8-/m0/s1. The van der Waals surface area contributed by atoms with Crippen LogP contribution in [-0.4, -0.2) is 12.5 Å². The molecule has 0 aromatic carbocycles. The smallest absolute Gasteiger partial charge is 0.207 e. The Morgan fingerprint density at radius 3 is 2.70 bits per heavy atom. The van der Waals surface area contributed by atoms with Crippen LogP contribution in [0.5, 0.6) is 0 Å². The fourth-order valence-electron chi connectivity index (χ4n) is 0.900. The van der Waals surface area contributed by atoms with Crippen LogP contribution in [0.4, 0.5) is 0 Å². The quantitative estimate of drug-likeness (QED) is 0.445. The number of rotatable bonds is 6. The molecule has 0 rings (SSSR count). The van der Waals surface area contributed by atoms with Crippen molar-refractivity contribution in [2.24, 2.45) is 0 Å². The van der Waals surface area contributed by atoms with E-state index in [0.29, 0.717) is 6.04 Å². The van der Waals surface area contributed by atoms with E-state index < -0.39 is 0 Å². The van der Waals surface area contributed by atoms with Crippen LogP contribution >= 0.6 is 0 Å². The number of amides is 1. The van der Waals surface area contributed by atoms with Crippen molar-refractivity contribution in [3.8, 4) is 0 Å². The maximum absolute atomic E-state index is 9.94. The zero-order valence-electron chi connectivity index (χ0n) is 6.89. The summed E-state index contributed by atoms with van der Waals surface area (Å²) in [7, 11) is 0. The fraction of sp³-hybridized carbons (Fsp3) is 0.875. The molecule has 1 N–H and O–H groups in total. The second-order valence-electron chi connectivity index (χ2n) is 2.68. The van der Waals surface area contributed by atoms with Gasteiger partial charge in [-0.15, -0.1) is 0 Å². The lowest BCUT2D eigenvalue weighted by Gasteiger charge is -2.07. The van der Waals surface area contributed by atoms with Crippen molar-refractivity contribution < 1.29 is 4.79 Å². The average molecular weight is 143 g/mol. The lowest BCUT2D eigenvalue weighted by Crippen LogP contribution is -2.23. The molecular weight excluding hydrogens is 126 g/mol. The van der Waals surface area contributed by atoms with E-state index in [4.69, 9.17) is 0 Å². The largest absolute Gasteiger partial charge is 0.356 e. The molecule has 0 bridgehead atoms. The van der Waals surface area contributed by atoms with Crippen LogP contribution in [0.25, 0.3) is 0 Å². The van der Waals surface area contributed by atoms with Gasteiger partial charge in [0.1, 0.15) is 0 Å². The normalized spacial score (nSPS) is 12.6. The highest BCUT2D eigenvalue weighted by atomic mass is 16.1. The van der Waals surface area contributed by atoms with Crippen molar-refractivity contribution in [1.82, 2.24) is 5.32 Å². The van der Waals surface area contributed by atoms with Gasteiger partial charge in [0.25, 0.3) is 0 Å². The van der Waals surface area contributed by atoms with E-state index in [1.807, 2.05) is 6.92 Å². The van der Waals surface area contributed by atoms with Gasteiger partial charge in [0, 0.05) is 6.04 Å². The first-order chi connectivity index (χ1) is 4.81. The van der Waals surface area contributed by atoms with Gasteiger partial charge in [-0.2, -0.15) is 0 Å². The number of unbranched alkanes of at least 4 members (excludes halogenated alkanes) is 2. The SMILES string of the molecule is CCCCC[C@H](C)NC=O. The molecule has 0 aliphatic carbocycles. The summed E-state index contributed by atoms with van der Waals surface area (Å²) in [5, 5.41) is 2.72. The van der Waals surface area contributed by atoms with Gasteiger partial charge in [-0.3, -0.25) is 4.79 Å². The summed E-state index contributed by atoms with van der Waals surface area (Å²) in [5.41, 5.74) is 0. The van der Waals surface area contributed by atoms with E-state index in [9.17, 15) is 4.79 Å². The Kier molecular flexibility index (Phi) is 6.24. The molecule has 2 heteroatoms. The van der Waals surface area contributed by atoms with Crippen LogP contribution in [0.15, 0.2) is 0 Å². The van der Waals surface area contributed by atoms with E-state index in [0.717, 1.165) is 12.8 Å². The number of hydrogen-bond donors (Lipinski definition) is 1. The van der Waals surface area contributed by atoms with Crippen molar-refractivity contribution >= 4 is 6.41 Å². The summed E-state index contributed by atoms with van der Waals surface area (Å²) in [4.78, 5) is 9.94. The third-order valence-corrected chi connectivity index (χ3v) is 1.59. The Morgan fingerprint density at radius 2 is 2.20 bits per heavy atom. The van der Waals surface area contributed by atoms with Gasteiger partial charge in [-0.1, -0.05) is 26.2 Å². The number of carbonyl (C=O) groups excluding carboxylic acids is 1. The van der Waals surface area contributed by atoms with Crippen molar-refractivity contribution in [2.45, 2.75) is 45.6 Å². The van der Waals surface area contributed by atoms with E-state index in [-0.39, 0.29) is 0 Å². The van der Waals surface area contributed by atoms with Crippen LogP contribution in [0.3, 0.4) is 0 Å². The Morgan fingerprint density at radius 1 is 1.50 bits per heavy atom. The van der Waals surface area contributed by atoms with Gasteiger partial charge >= 0.3 is 0 Å². The Balaban J connectivity index is 3.04. The molecule has 10 heavy (non-hydrogen) atoms. The van der Waals surface area contributed by atoms with E-state index in [1.165, 1.54) is 19.3 Å². The molecule has 0 saturated carbocycles. The zero-order valence-corrected chi connectivity index (χ0v) is 6.89. The summed E-state index contributed by atoms with van der Waals surface area (Å²) in [6.07, 6.45) is 5.61. The summed E-state index contributed by atoms with van der Waals surface area (Å²) in [5.74, 6) is 0. The maximum atomic E-state index is 9.94. The molecule has 0 unspecified atom stereocenters. The predicted molar refractivity (Wildman–Crippen MR) is 42.8 cm³/mol. The molecule has 0 aromatic rings. The molecule has 0 spiro atoms. The van der Waals surface area contributed by atoms with Crippen LogP contribution in [0.1, 0.15) is 39.5 Å². The lowest BCUT2D eigenvalue weighted by molar-refractivity contribution is -0.110. The maximum Gasteiger partial charge on any atom is 0.207 e. The molecule has 0 saturated heterocycles. The fourth-order valence-corrected chi connectivity index (χ4v) is 0.900. The highest BCUT2D eigenvalue weighted by Crippen LogP contribution is 2.01. The van der Waals surface area contributed by atoms with E-state index in [1.54, 1.807) is 0 Å². The predicted octanol–water partition coefficient (Wildman–Crippen LogP) is 1.70. The first-order valence-corrected chi connectivity index (χ1v) is 4.01. The van der Waals surface area contributed by atoms with E-state index in [2.05, 4.69) is 12.2 Å². The van der Waals surface area contributed by atoms with Gasteiger partial charge in [-0.25, -0.2) is 0 Å².